The lowest BCUT2D eigenvalue weighted by molar-refractivity contribution is -0.0959. The van der Waals surface area contributed by atoms with Crippen molar-refractivity contribution in [1.82, 2.24) is 14.8 Å². The molecule has 0 aliphatic carbocycles. The van der Waals surface area contributed by atoms with Gasteiger partial charge in [-0.05, 0) is 44.0 Å². The minimum atomic E-state index is -0.775. The molecule has 2 aromatic rings. The quantitative estimate of drug-likeness (QED) is 0.852. The number of rotatable bonds is 5. The van der Waals surface area contributed by atoms with E-state index in [-0.39, 0.29) is 6.04 Å². The maximum atomic E-state index is 11.8. The van der Waals surface area contributed by atoms with Crippen LogP contribution in [0, 0.1) is 0 Å². The van der Waals surface area contributed by atoms with Crippen molar-refractivity contribution in [1.29, 1.82) is 0 Å². The summed E-state index contributed by atoms with van der Waals surface area (Å²) in [6.45, 7) is 4.79. The highest BCUT2D eigenvalue weighted by molar-refractivity contribution is 5.43. The predicted octanol–water partition coefficient (Wildman–Crippen LogP) is 2.68. The maximum absolute atomic E-state index is 11.8. The zero-order valence-electron chi connectivity index (χ0n) is 16.1. The van der Waals surface area contributed by atoms with E-state index in [0.717, 1.165) is 50.5 Å². The van der Waals surface area contributed by atoms with E-state index < -0.39 is 5.60 Å². The van der Waals surface area contributed by atoms with Crippen LogP contribution in [0.3, 0.4) is 0 Å². The Kier molecular flexibility index (Phi) is 5.43. The van der Waals surface area contributed by atoms with Gasteiger partial charge in [0.15, 0.2) is 0 Å². The summed E-state index contributed by atoms with van der Waals surface area (Å²) in [5.74, 6) is 0.944. The van der Waals surface area contributed by atoms with Gasteiger partial charge in [-0.3, -0.25) is 9.80 Å². The van der Waals surface area contributed by atoms with Crippen molar-refractivity contribution in [2.45, 2.75) is 37.5 Å². The van der Waals surface area contributed by atoms with Crippen LogP contribution in [0.5, 0.6) is 0 Å². The second-order valence-electron chi connectivity index (χ2n) is 7.80. The van der Waals surface area contributed by atoms with Crippen molar-refractivity contribution in [3.8, 4) is 0 Å². The topological polar surface area (TPSA) is 51.6 Å². The second-order valence-corrected chi connectivity index (χ2v) is 7.80. The van der Waals surface area contributed by atoms with E-state index in [1.165, 1.54) is 18.4 Å². The van der Waals surface area contributed by atoms with Crippen LogP contribution in [0.2, 0.25) is 0 Å². The molecule has 0 unspecified atom stereocenters. The molecule has 0 bridgehead atoms. The number of anilines is 1. The molecule has 1 aromatic heterocycles. The number of aliphatic hydroxyl groups is 1. The van der Waals surface area contributed by atoms with Crippen molar-refractivity contribution in [2.75, 3.05) is 38.5 Å². The van der Waals surface area contributed by atoms with E-state index in [1.54, 1.807) is 0 Å². The number of nitrogens with zero attached hydrogens (tertiary/aromatic N) is 3. The molecule has 5 nitrogen and oxygen atoms in total. The van der Waals surface area contributed by atoms with Crippen molar-refractivity contribution in [3.05, 3.63) is 59.8 Å². The van der Waals surface area contributed by atoms with Gasteiger partial charge in [-0.1, -0.05) is 36.4 Å². The standard InChI is InChI=1S/C22H30N4O/c1-23-21-18(8-7-12-24-21)16-25-15-11-22(27,19-9-3-2-4-10-19)20(17-25)26-13-5-6-14-26/h2-4,7-10,12,20,27H,5-6,11,13-17H2,1H3,(H,23,24)/t20-,22+/m1/s1. The summed E-state index contributed by atoms with van der Waals surface area (Å²) in [6, 6.07) is 14.5. The highest BCUT2D eigenvalue weighted by Crippen LogP contribution is 2.37. The van der Waals surface area contributed by atoms with E-state index in [9.17, 15) is 5.11 Å². The number of piperidine rings is 1. The van der Waals surface area contributed by atoms with E-state index in [4.69, 9.17) is 0 Å². The van der Waals surface area contributed by atoms with Crippen LogP contribution in [0.25, 0.3) is 0 Å². The first kappa shape index (κ1) is 18.4. The average molecular weight is 367 g/mol. The van der Waals surface area contributed by atoms with Crippen molar-refractivity contribution >= 4 is 5.82 Å². The van der Waals surface area contributed by atoms with Gasteiger partial charge in [0.25, 0.3) is 0 Å². The molecular formula is C22H30N4O. The van der Waals surface area contributed by atoms with Crippen LogP contribution in [-0.4, -0.2) is 59.2 Å². The van der Waals surface area contributed by atoms with Gasteiger partial charge in [-0.25, -0.2) is 4.98 Å². The van der Waals surface area contributed by atoms with Crippen molar-refractivity contribution in [2.24, 2.45) is 0 Å². The molecule has 0 spiro atoms. The third kappa shape index (κ3) is 3.72. The first-order chi connectivity index (χ1) is 13.2. The van der Waals surface area contributed by atoms with E-state index in [2.05, 4.69) is 38.3 Å². The molecule has 0 amide bonds. The number of pyridine rings is 1. The van der Waals surface area contributed by atoms with E-state index >= 15 is 0 Å². The van der Waals surface area contributed by atoms with Crippen LogP contribution in [0.15, 0.2) is 48.7 Å². The smallest absolute Gasteiger partial charge is 0.130 e. The number of aromatic nitrogens is 1. The van der Waals surface area contributed by atoms with Gasteiger partial charge in [-0.2, -0.15) is 0 Å². The Morgan fingerprint density at radius 2 is 1.89 bits per heavy atom. The molecule has 27 heavy (non-hydrogen) atoms. The van der Waals surface area contributed by atoms with Crippen LogP contribution < -0.4 is 5.32 Å². The summed E-state index contributed by atoms with van der Waals surface area (Å²) in [4.78, 5) is 9.41. The number of likely N-dealkylation sites (tertiary alicyclic amines) is 2. The normalized spacial score (nSPS) is 27.0. The first-order valence-corrected chi connectivity index (χ1v) is 10.1. The molecule has 5 heteroatoms. The Morgan fingerprint density at radius 1 is 1.11 bits per heavy atom. The Hall–Kier alpha value is -1.95. The molecule has 0 saturated carbocycles. The molecule has 2 N–H and O–H groups in total. The number of nitrogens with one attached hydrogen (secondary N) is 1. The van der Waals surface area contributed by atoms with Gasteiger partial charge < -0.3 is 10.4 Å². The number of hydrogen-bond acceptors (Lipinski definition) is 5. The fourth-order valence-electron chi connectivity index (χ4n) is 4.69. The Balaban J connectivity index is 1.57. The Labute approximate surface area is 162 Å². The van der Waals surface area contributed by atoms with Gasteiger partial charge in [0.05, 0.1) is 6.04 Å². The summed E-state index contributed by atoms with van der Waals surface area (Å²) < 4.78 is 0. The molecule has 2 aliphatic heterocycles. The molecule has 4 rings (SSSR count). The summed E-state index contributed by atoms with van der Waals surface area (Å²) >= 11 is 0. The zero-order chi connectivity index (χ0) is 18.7. The van der Waals surface area contributed by atoms with Crippen molar-refractivity contribution in [3.63, 3.8) is 0 Å². The fourth-order valence-corrected chi connectivity index (χ4v) is 4.69. The largest absolute Gasteiger partial charge is 0.383 e. The second kappa shape index (κ2) is 7.97. The molecular weight excluding hydrogens is 336 g/mol. The van der Waals surface area contributed by atoms with Gasteiger partial charge in [0.2, 0.25) is 0 Å². The van der Waals surface area contributed by atoms with Crippen LogP contribution >= 0.6 is 0 Å². The van der Waals surface area contributed by atoms with Crippen LogP contribution in [0.1, 0.15) is 30.4 Å². The average Bonchev–Trinajstić information content (AvgIpc) is 3.25. The Morgan fingerprint density at radius 3 is 2.63 bits per heavy atom. The minimum absolute atomic E-state index is 0.130. The molecule has 2 atom stereocenters. The third-order valence-corrected chi connectivity index (χ3v) is 6.17. The SMILES string of the molecule is CNc1ncccc1CN1CC[C@](O)(c2ccccc2)[C@H](N2CCCC2)C1. The summed E-state index contributed by atoms with van der Waals surface area (Å²) in [6.07, 6.45) is 5.04. The summed E-state index contributed by atoms with van der Waals surface area (Å²) in [5, 5.41) is 15.0. The first-order valence-electron chi connectivity index (χ1n) is 10.1. The molecule has 3 heterocycles. The predicted molar refractivity (Wildman–Crippen MR) is 109 cm³/mol. The third-order valence-electron chi connectivity index (χ3n) is 6.17. The minimum Gasteiger partial charge on any atom is -0.383 e. The van der Waals surface area contributed by atoms with E-state index in [0.29, 0.717) is 0 Å². The van der Waals surface area contributed by atoms with Crippen LogP contribution in [0.4, 0.5) is 5.82 Å². The molecule has 0 radical (unpaired) electrons. The van der Waals surface area contributed by atoms with Gasteiger partial charge in [-0.15, -0.1) is 0 Å². The molecule has 144 valence electrons. The summed E-state index contributed by atoms with van der Waals surface area (Å²) in [7, 11) is 1.92. The lowest BCUT2D eigenvalue weighted by Gasteiger charge is -2.48. The highest BCUT2D eigenvalue weighted by atomic mass is 16.3. The van der Waals surface area contributed by atoms with Crippen molar-refractivity contribution < 1.29 is 5.11 Å². The monoisotopic (exact) mass is 366 g/mol. The van der Waals surface area contributed by atoms with Gasteiger partial charge in [0.1, 0.15) is 11.4 Å². The Bertz CT molecular complexity index is 747. The van der Waals surface area contributed by atoms with Crippen LogP contribution in [-0.2, 0) is 12.1 Å². The van der Waals surface area contributed by atoms with E-state index in [1.807, 2.05) is 37.5 Å². The highest BCUT2D eigenvalue weighted by Gasteiger charge is 2.46. The van der Waals surface area contributed by atoms with Gasteiger partial charge in [0, 0.05) is 38.4 Å². The molecule has 2 aliphatic rings. The molecule has 1 aromatic carbocycles. The fraction of sp³-hybridized carbons (Fsp3) is 0.500. The summed E-state index contributed by atoms with van der Waals surface area (Å²) in [5.41, 5.74) is 1.49. The number of benzene rings is 1. The number of hydrogen-bond donors (Lipinski definition) is 2. The van der Waals surface area contributed by atoms with Gasteiger partial charge >= 0.3 is 0 Å². The lowest BCUT2D eigenvalue weighted by Crippen LogP contribution is -2.60. The zero-order valence-corrected chi connectivity index (χ0v) is 16.1. The maximum Gasteiger partial charge on any atom is 0.130 e. The molecule has 2 saturated heterocycles. The lowest BCUT2D eigenvalue weighted by atomic mass is 9.79. The molecule has 2 fully saturated rings.